The lowest BCUT2D eigenvalue weighted by molar-refractivity contribution is -0.688. The maximum atomic E-state index is 13.3. The lowest BCUT2D eigenvalue weighted by Crippen LogP contribution is -2.40. The van der Waals surface area contributed by atoms with Gasteiger partial charge in [-0.2, -0.15) is 0 Å². The summed E-state index contributed by atoms with van der Waals surface area (Å²) in [6.07, 6.45) is 3.45. The number of ketones is 2. The van der Waals surface area contributed by atoms with Crippen LogP contribution in [0, 0.1) is 5.82 Å². The van der Waals surface area contributed by atoms with Crippen molar-refractivity contribution in [3.05, 3.63) is 83.7 Å². The molecule has 0 amide bonds. The van der Waals surface area contributed by atoms with Crippen molar-refractivity contribution in [1.29, 1.82) is 0 Å². The van der Waals surface area contributed by atoms with Crippen LogP contribution in [0.3, 0.4) is 0 Å². The first-order valence-corrected chi connectivity index (χ1v) is 8.08. The fraction of sp³-hybridized carbons (Fsp3) is 0.150. The van der Waals surface area contributed by atoms with Gasteiger partial charge in [-0.3, -0.25) is 9.59 Å². The van der Waals surface area contributed by atoms with Gasteiger partial charge in [-0.1, -0.05) is 24.3 Å². The number of imidazole rings is 1. The summed E-state index contributed by atoms with van der Waals surface area (Å²) >= 11 is 0. The Labute approximate surface area is 150 Å². The average molecular weight is 353 g/mol. The van der Waals surface area contributed by atoms with Gasteiger partial charge in [0.1, 0.15) is 30.4 Å². The molecule has 0 aliphatic heterocycles. The Morgan fingerprint density at radius 1 is 1.08 bits per heavy atom. The largest absolute Gasteiger partial charge is 0.497 e. The Hall–Kier alpha value is -3.28. The van der Waals surface area contributed by atoms with E-state index in [1.807, 2.05) is 0 Å². The molecule has 3 rings (SSSR count). The number of aromatic nitrogens is 2. The molecule has 0 atom stereocenters. The Morgan fingerprint density at radius 3 is 2.54 bits per heavy atom. The smallest absolute Gasteiger partial charge is 0.262 e. The van der Waals surface area contributed by atoms with Gasteiger partial charge < -0.3 is 4.74 Å². The molecule has 1 heterocycles. The van der Waals surface area contributed by atoms with Gasteiger partial charge in [0.25, 0.3) is 5.82 Å². The van der Waals surface area contributed by atoms with E-state index in [2.05, 4.69) is 4.98 Å². The number of nitrogens with one attached hydrogen (secondary N) is 1. The number of ether oxygens (including phenoxy) is 1. The first-order valence-electron chi connectivity index (χ1n) is 8.08. The van der Waals surface area contributed by atoms with Crippen molar-refractivity contribution in [3.8, 4) is 5.75 Å². The van der Waals surface area contributed by atoms with Crippen molar-refractivity contribution in [2.75, 3.05) is 7.11 Å². The predicted octanol–water partition coefficient (Wildman–Crippen LogP) is 2.76. The Morgan fingerprint density at radius 2 is 1.81 bits per heavy atom. The maximum Gasteiger partial charge on any atom is 0.262 e. The minimum Gasteiger partial charge on any atom is -0.497 e. The fourth-order valence-electron chi connectivity index (χ4n) is 2.66. The van der Waals surface area contributed by atoms with Crippen LogP contribution < -0.4 is 9.30 Å². The number of Topliss-reactive ketones (excluding diaryl/α,β-unsaturated/α-hetero) is 2. The van der Waals surface area contributed by atoms with E-state index >= 15 is 0 Å². The lowest BCUT2D eigenvalue weighted by atomic mass is 10.1. The molecule has 0 aliphatic rings. The molecule has 2 aromatic carbocycles. The number of carbonyl (C=O) groups is 2. The zero-order valence-corrected chi connectivity index (χ0v) is 14.2. The molecule has 0 spiro atoms. The van der Waals surface area contributed by atoms with Crippen molar-refractivity contribution in [2.45, 2.75) is 13.0 Å². The van der Waals surface area contributed by atoms with Crippen molar-refractivity contribution in [1.82, 2.24) is 4.98 Å². The van der Waals surface area contributed by atoms with Crippen molar-refractivity contribution in [2.24, 2.45) is 0 Å². The van der Waals surface area contributed by atoms with E-state index in [9.17, 15) is 14.0 Å². The molecule has 1 aromatic heterocycles. The molecule has 0 saturated carbocycles. The van der Waals surface area contributed by atoms with Crippen LogP contribution in [0.1, 0.15) is 26.5 Å². The second-order valence-corrected chi connectivity index (χ2v) is 5.80. The third kappa shape index (κ3) is 4.03. The minimum absolute atomic E-state index is 0.0215. The predicted molar refractivity (Wildman–Crippen MR) is 92.7 cm³/mol. The van der Waals surface area contributed by atoms with Crippen LogP contribution >= 0.6 is 0 Å². The van der Waals surface area contributed by atoms with E-state index in [4.69, 9.17) is 4.74 Å². The highest BCUT2D eigenvalue weighted by molar-refractivity contribution is 5.97. The average Bonchev–Trinajstić information content (AvgIpc) is 3.08. The Bertz CT molecular complexity index is 949. The summed E-state index contributed by atoms with van der Waals surface area (Å²) in [5, 5.41) is 0. The first kappa shape index (κ1) is 17.5. The highest BCUT2D eigenvalue weighted by Gasteiger charge is 2.20. The summed E-state index contributed by atoms with van der Waals surface area (Å²) in [4.78, 5) is 27.9. The number of nitrogens with zero attached hydrogens (tertiary/aromatic N) is 1. The number of benzene rings is 2. The molecule has 0 radical (unpaired) electrons. The maximum absolute atomic E-state index is 13.3. The number of aromatic amines is 1. The van der Waals surface area contributed by atoms with E-state index in [-0.39, 0.29) is 24.5 Å². The van der Waals surface area contributed by atoms with Gasteiger partial charge in [-0.05, 0) is 24.3 Å². The second kappa shape index (κ2) is 7.74. The third-order valence-corrected chi connectivity index (χ3v) is 4.03. The first-order chi connectivity index (χ1) is 12.6. The molecule has 6 heteroatoms. The molecule has 0 saturated heterocycles. The van der Waals surface area contributed by atoms with Crippen molar-refractivity contribution >= 4 is 11.6 Å². The van der Waals surface area contributed by atoms with Crippen LogP contribution in [0.15, 0.2) is 60.9 Å². The number of carbonyl (C=O) groups excluding carboxylic acids is 2. The van der Waals surface area contributed by atoms with Gasteiger partial charge in [0.2, 0.25) is 5.78 Å². The Kier molecular flexibility index (Phi) is 5.22. The molecule has 3 aromatic rings. The van der Waals surface area contributed by atoms with Crippen LogP contribution in [0.4, 0.5) is 4.39 Å². The normalized spacial score (nSPS) is 10.5. The number of H-pyrrole nitrogens is 1. The van der Waals surface area contributed by atoms with E-state index in [1.165, 1.54) is 18.2 Å². The fourth-order valence-corrected chi connectivity index (χ4v) is 2.66. The SMILES string of the molecule is COc1cccc(C(=O)Cc2[nH]cc[n+]2CC(=O)c2cccc(F)c2)c1. The quantitative estimate of drug-likeness (QED) is 0.525. The highest BCUT2D eigenvalue weighted by Crippen LogP contribution is 2.14. The number of hydrogen-bond acceptors (Lipinski definition) is 3. The third-order valence-electron chi connectivity index (χ3n) is 4.03. The second-order valence-electron chi connectivity index (χ2n) is 5.80. The van der Waals surface area contributed by atoms with Crippen molar-refractivity contribution < 1.29 is 23.3 Å². The number of methoxy groups -OCH3 is 1. The van der Waals surface area contributed by atoms with Gasteiger partial charge in [0, 0.05) is 11.1 Å². The van der Waals surface area contributed by atoms with E-state index in [0.717, 1.165) is 0 Å². The lowest BCUT2D eigenvalue weighted by Gasteiger charge is -2.04. The number of halogens is 1. The van der Waals surface area contributed by atoms with Crippen LogP contribution in [-0.2, 0) is 13.0 Å². The van der Waals surface area contributed by atoms with Gasteiger partial charge in [-0.15, -0.1) is 0 Å². The van der Waals surface area contributed by atoms with Gasteiger partial charge in [0.05, 0.1) is 7.11 Å². The summed E-state index contributed by atoms with van der Waals surface area (Å²) in [6.45, 7) is 0.0215. The van der Waals surface area contributed by atoms with Crippen LogP contribution in [0.25, 0.3) is 0 Å². The topological polar surface area (TPSA) is 63.0 Å². The molecular formula is C20H18FN2O3+. The van der Waals surface area contributed by atoms with Crippen LogP contribution in [0.5, 0.6) is 5.75 Å². The summed E-state index contributed by atoms with van der Waals surface area (Å²) in [7, 11) is 1.54. The molecule has 0 unspecified atom stereocenters. The zero-order valence-electron chi connectivity index (χ0n) is 14.2. The standard InChI is InChI=1S/C20H17FN2O3/c1-26-17-7-3-5-15(11-17)18(24)12-20-22-8-9-23(20)13-19(25)14-4-2-6-16(21)10-14/h2-11H,12-13H2,1H3/p+1. The molecule has 26 heavy (non-hydrogen) atoms. The van der Waals surface area contributed by atoms with E-state index in [0.29, 0.717) is 22.7 Å². The molecule has 0 aliphatic carbocycles. The molecule has 5 nitrogen and oxygen atoms in total. The van der Waals surface area contributed by atoms with Crippen LogP contribution in [0.2, 0.25) is 0 Å². The Balaban J connectivity index is 1.74. The molecule has 132 valence electrons. The van der Waals surface area contributed by atoms with Crippen LogP contribution in [-0.4, -0.2) is 23.7 Å². The van der Waals surface area contributed by atoms with Gasteiger partial charge in [0.15, 0.2) is 12.3 Å². The van der Waals surface area contributed by atoms with E-state index < -0.39 is 5.82 Å². The van der Waals surface area contributed by atoms with Gasteiger partial charge in [-0.25, -0.2) is 13.9 Å². The monoisotopic (exact) mass is 353 g/mol. The summed E-state index contributed by atoms with van der Waals surface area (Å²) in [5.74, 6) is 0.421. The zero-order chi connectivity index (χ0) is 18.5. The molecular weight excluding hydrogens is 335 g/mol. The van der Waals surface area contributed by atoms with E-state index in [1.54, 1.807) is 54.4 Å². The molecule has 0 fully saturated rings. The molecule has 1 N–H and O–H groups in total. The summed E-state index contributed by atoms with van der Waals surface area (Å²) < 4.78 is 20.1. The molecule has 0 bridgehead atoms. The summed E-state index contributed by atoms with van der Waals surface area (Å²) in [5.41, 5.74) is 0.825. The van der Waals surface area contributed by atoms with Gasteiger partial charge >= 0.3 is 0 Å². The minimum atomic E-state index is -0.455. The number of hydrogen-bond donors (Lipinski definition) is 1. The highest BCUT2D eigenvalue weighted by atomic mass is 19.1. The van der Waals surface area contributed by atoms with Crippen molar-refractivity contribution in [3.63, 3.8) is 0 Å². The summed E-state index contributed by atoms with van der Waals surface area (Å²) in [6, 6.07) is 12.5. The number of rotatable bonds is 7.